The van der Waals surface area contributed by atoms with E-state index in [-0.39, 0.29) is 0 Å². The van der Waals surface area contributed by atoms with E-state index in [1.807, 2.05) is 12.4 Å². The first-order valence-electron chi connectivity index (χ1n) is 5.39. The number of H-pyrrole nitrogens is 1. The minimum absolute atomic E-state index is 1.13. The van der Waals surface area contributed by atoms with E-state index in [9.17, 15) is 9.90 Å². The van der Waals surface area contributed by atoms with E-state index in [0.29, 0.717) is 0 Å². The van der Waals surface area contributed by atoms with Gasteiger partial charge in [-0.15, -0.1) is 0 Å². The molecule has 1 aromatic heterocycles. The highest BCUT2D eigenvalue weighted by atomic mass is 16.4. The van der Waals surface area contributed by atoms with E-state index in [0.717, 1.165) is 6.92 Å². The SMILES string of the molecule is CC(O)C(=O)[O-].CCCCc1[nH]cc[n+]1C. The molecule has 0 aliphatic heterocycles. The van der Waals surface area contributed by atoms with Crippen LogP contribution in [0.5, 0.6) is 0 Å². The lowest BCUT2D eigenvalue weighted by atomic mass is 10.2. The second kappa shape index (κ2) is 7.87. The van der Waals surface area contributed by atoms with Crippen molar-refractivity contribution in [1.29, 1.82) is 0 Å². The van der Waals surface area contributed by atoms with Crippen LogP contribution in [0.25, 0.3) is 0 Å². The molecule has 0 saturated heterocycles. The number of unbranched alkanes of at least 4 members (excludes halogenated alkanes) is 1. The molecule has 1 atom stereocenters. The van der Waals surface area contributed by atoms with Crippen LogP contribution >= 0.6 is 0 Å². The number of carboxylic acid groups (broad SMARTS) is 1. The van der Waals surface area contributed by atoms with Crippen molar-refractivity contribution < 1.29 is 19.6 Å². The number of aromatic amines is 1. The molecule has 92 valence electrons. The number of aliphatic hydroxyl groups excluding tert-OH is 1. The van der Waals surface area contributed by atoms with Crippen LogP contribution in [0.1, 0.15) is 32.5 Å². The molecular weight excluding hydrogens is 208 g/mol. The zero-order valence-electron chi connectivity index (χ0n) is 10.1. The van der Waals surface area contributed by atoms with Crippen LogP contribution in [0.3, 0.4) is 0 Å². The van der Waals surface area contributed by atoms with Gasteiger partial charge in [-0.05, 0) is 13.3 Å². The quantitative estimate of drug-likeness (QED) is 0.669. The van der Waals surface area contributed by atoms with Crippen LogP contribution in [0.15, 0.2) is 12.4 Å². The van der Waals surface area contributed by atoms with Crippen molar-refractivity contribution >= 4 is 5.97 Å². The number of carbonyl (C=O) groups excluding carboxylic acids is 1. The summed E-state index contributed by atoms with van der Waals surface area (Å²) in [6, 6.07) is 0. The minimum atomic E-state index is -1.44. The van der Waals surface area contributed by atoms with E-state index >= 15 is 0 Å². The van der Waals surface area contributed by atoms with Gasteiger partial charge in [-0.3, -0.25) is 0 Å². The molecule has 1 unspecified atom stereocenters. The molecule has 0 bridgehead atoms. The number of hydrogen-bond donors (Lipinski definition) is 2. The number of aryl methyl sites for hydroxylation is 2. The number of nitrogens with zero attached hydrogens (tertiary/aromatic N) is 1. The van der Waals surface area contributed by atoms with Gasteiger partial charge >= 0.3 is 0 Å². The Morgan fingerprint density at radius 3 is 2.56 bits per heavy atom. The Labute approximate surface area is 95.7 Å². The minimum Gasteiger partial charge on any atom is -0.547 e. The van der Waals surface area contributed by atoms with Crippen LogP contribution in [0, 0.1) is 0 Å². The van der Waals surface area contributed by atoms with E-state index in [2.05, 4.69) is 23.5 Å². The summed E-state index contributed by atoms with van der Waals surface area (Å²) in [6.45, 7) is 3.35. The Hall–Kier alpha value is -1.36. The zero-order chi connectivity index (χ0) is 12.6. The number of carboxylic acids is 1. The molecule has 0 spiro atoms. The summed E-state index contributed by atoms with van der Waals surface area (Å²) in [5.74, 6) is -0.114. The second-order valence-electron chi connectivity index (χ2n) is 3.62. The van der Waals surface area contributed by atoms with Gasteiger partial charge in [0, 0.05) is 6.42 Å². The summed E-state index contributed by atoms with van der Waals surface area (Å²) in [7, 11) is 2.07. The molecule has 0 amide bonds. The molecule has 0 radical (unpaired) electrons. The van der Waals surface area contributed by atoms with Gasteiger partial charge in [-0.1, -0.05) is 13.3 Å². The molecule has 0 aliphatic rings. The van der Waals surface area contributed by atoms with E-state index in [1.54, 1.807) is 0 Å². The smallest absolute Gasteiger partial charge is 0.253 e. The maximum Gasteiger partial charge on any atom is 0.253 e. The van der Waals surface area contributed by atoms with Crippen molar-refractivity contribution in [1.82, 2.24) is 4.98 Å². The Balaban J connectivity index is 0.000000325. The number of carbonyl (C=O) groups is 1. The summed E-state index contributed by atoms with van der Waals surface area (Å²) in [4.78, 5) is 12.5. The van der Waals surface area contributed by atoms with Gasteiger partial charge < -0.3 is 15.0 Å². The molecule has 5 heteroatoms. The molecule has 0 aliphatic carbocycles. The van der Waals surface area contributed by atoms with Crippen LogP contribution in [-0.4, -0.2) is 22.2 Å². The average molecular weight is 228 g/mol. The fourth-order valence-corrected chi connectivity index (χ4v) is 1.03. The lowest BCUT2D eigenvalue weighted by Crippen LogP contribution is -2.32. The molecule has 1 rings (SSSR count). The lowest BCUT2D eigenvalue weighted by molar-refractivity contribution is -0.677. The summed E-state index contributed by atoms with van der Waals surface area (Å²) in [5, 5.41) is 17.3. The van der Waals surface area contributed by atoms with Gasteiger partial charge in [-0.25, -0.2) is 9.55 Å². The molecular formula is C11H20N2O3. The molecule has 1 aromatic rings. The average Bonchev–Trinajstić information content (AvgIpc) is 2.62. The van der Waals surface area contributed by atoms with E-state index < -0.39 is 12.1 Å². The molecule has 0 fully saturated rings. The normalized spacial score (nSPS) is 11.5. The van der Waals surface area contributed by atoms with Gasteiger partial charge in [0.1, 0.15) is 12.4 Å². The fourth-order valence-electron chi connectivity index (χ4n) is 1.03. The molecule has 0 aromatic carbocycles. The second-order valence-corrected chi connectivity index (χ2v) is 3.62. The topological polar surface area (TPSA) is 80.0 Å². The first-order valence-corrected chi connectivity index (χ1v) is 5.39. The van der Waals surface area contributed by atoms with E-state index in [1.165, 1.54) is 25.1 Å². The predicted octanol–water partition coefficient (Wildman–Crippen LogP) is -0.701. The Morgan fingerprint density at radius 1 is 1.69 bits per heavy atom. The highest BCUT2D eigenvalue weighted by Gasteiger charge is 2.03. The van der Waals surface area contributed by atoms with Crippen LogP contribution in [-0.2, 0) is 18.3 Å². The van der Waals surface area contributed by atoms with Crippen molar-refractivity contribution in [3.8, 4) is 0 Å². The summed E-state index contributed by atoms with van der Waals surface area (Å²) < 4.78 is 2.13. The molecule has 2 N–H and O–H groups in total. The molecule has 16 heavy (non-hydrogen) atoms. The van der Waals surface area contributed by atoms with Crippen LogP contribution in [0.2, 0.25) is 0 Å². The summed E-state index contributed by atoms with van der Waals surface area (Å²) >= 11 is 0. The van der Waals surface area contributed by atoms with E-state index in [4.69, 9.17) is 5.11 Å². The summed E-state index contributed by atoms with van der Waals surface area (Å²) in [6.07, 6.45) is 6.38. The number of imidazole rings is 1. The number of hydrogen-bond acceptors (Lipinski definition) is 3. The predicted molar refractivity (Wildman–Crippen MR) is 57.3 cm³/mol. The lowest BCUT2D eigenvalue weighted by Gasteiger charge is -2.00. The number of aromatic nitrogens is 2. The van der Waals surface area contributed by atoms with Gasteiger partial charge in [-0.2, -0.15) is 0 Å². The monoisotopic (exact) mass is 228 g/mol. The van der Waals surface area contributed by atoms with Crippen molar-refractivity contribution in [3.05, 3.63) is 18.2 Å². The first kappa shape index (κ1) is 14.6. The number of nitrogens with one attached hydrogen (secondary N) is 1. The third-order valence-corrected chi connectivity index (χ3v) is 2.08. The molecule has 0 saturated carbocycles. The third-order valence-electron chi connectivity index (χ3n) is 2.08. The fraction of sp³-hybridized carbons (Fsp3) is 0.636. The zero-order valence-corrected chi connectivity index (χ0v) is 10.1. The maximum absolute atomic E-state index is 9.34. The summed E-state index contributed by atoms with van der Waals surface area (Å²) in [5.41, 5.74) is 0. The van der Waals surface area contributed by atoms with Crippen LogP contribution < -0.4 is 9.67 Å². The van der Waals surface area contributed by atoms with Crippen molar-refractivity contribution in [2.75, 3.05) is 0 Å². The van der Waals surface area contributed by atoms with Crippen molar-refractivity contribution in [2.45, 2.75) is 39.2 Å². The van der Waals surface area contributed by atoms with Gasteiger partial charge in [0.25, 0.3) is 5.82 Å². The number of rotatable bonds is 4. The highest BCUT2D eigenvalue weighted by Crippen LogP contribution is 1.94. The Bertz CT molecular complexity index is 308. The van der Waals surface area contributed by atoms with Gasteiger partial charge in [0.05, 0.1) is 19.1 Å². The van der Waals surface area contributed by atoms with Crippen molar-refractivity contribution in [3.63, 3.8) is 0 Å². The Kier molecular flexibility index (Phi) is 7.20. The van der Waals surface area contributed by atoms with Crippen LogP contribution in [0.4, 0.5) is 0 Å². The standard InChI is InChI=1S/C8H14N2.C3H6O3/c1-3-4-5-8-9-6-7-10(8)2;1-2(4)3(5)6/h6-7H,3-5H2,1-2H3;2,4H,1H3,(H,5,6). The van der Waals surface area contributed by atoms with Gasteiger partial charge in [0.2, 0.25) is 0 Å². The maximum atomic E-state index is 9.34. The van der Waals surface area contributed by atoms with Gasteiger partial charge in [0.15, 0.2) is 0 Å². The van der Waals surface area contributed by atoms with Crippen molar-refractivity contribution in [2.24, 2.45) is 7.05 Å². The third kappa shape index (κ3) is 6.19. The first-order chi connectivity index (χ1) is 7.49. The molecule has 1 heterocycles. The Morgan fingerprint density at radius 2 is 2.25 bits per heavy atom. The number of aliphatic carboxylic acids is 1. The largest absolute Gasteiger partial charge is 0.547 e. The highest BCUT2D eigenvalue weighted by molar-refractivity contribution is 5.68. The number of aliphatic hydroxyl groups is 1. The molecule has 5 nitrogen and oxygen atoms in total.